The molecule has 0 aliphatic heterocycles. The standard InChI is InChI=1S/C15H22ClN3OS/c1-9(2)20-7-6-19(5)8-12-17-14(16)13-10(3)11(4)21-15(13)18-12/h9H,6-8H2,1-5H3. The molecule has 116 valence electrons. The van der Waals surface area contributed by atoms with Crippen molar-refractivity contribution in [2.24, 2.45) is 0 Å². The number of fused-ring (bicyclic) bond motifs is 1. The maximum Gasteiger partial charge on any atom is 0.145 e. The number of hydrogen-bond acceptors (Lipinski definition) is 5. The molecule has 0 unspecified atom stereocenters. The molecule has 2 heterocycles. The van der Waals surface area contributed by atoms with E-state index in [1.54, 1.807) is 11.3 Å². The zero-order chi connectivity index (χ0) is 15.6. The first-order chi connectivity index (χ1) is 9.88. The van der Waals surface area contributed by atoms with E-state index in [1.807, 2.05) is 20.9 Å². The second-order valence-electron chi connectivity index (χ2n) is 5.55. The Balaban J connectivity index is 2.09. The number of halogens is 1. The van der Waals surface area contributed by atoms with Crippen LogP contribution in [0.2, 0.25) is 5.15 Å². The normalized spacial score (nSPS) is 12.0. The van der Waals surface area contributed by atoms with E-state index in [0.717, 1.165) is 22.6 Å². The SMILES string of the molecule is Cc1sc2nc(CN(C)CCOC(C)C)nc(Cl)c2c1C. The molecule has 0 bridgehead atoms. The summed E-state index contributed by atoms with van der Waals surface area (Å²) < 4.78 is 5.56. The van der Waals surface area contributed by atoms with Crippen LogP contribution in [0.5, 0.6) is 0 Å². The highest BCUT2D eigenvalue weighted by atomic mass is 35.5. The van der Waals surface area contributed by atoms with Crippen LogP contribution >= 0.6 is 22.9 Å². The summed E-state index contributed by atoms with van der Waals surface area (Å²) in [5.41, 5.74) is 1.19. The summed E-state index contributed by atoms with van der Waals surface area (Å²) in [6.07, 6.45) is 0.262. The first-order valence-corrected chi connectivity index (χ1v) is 8.30. The third-order valence-electron chi connectivity index (χ3n) is 3.37. The van der Waals surface area contributed by atoms with E-state index in [2.05, 4.69) is 28.7 Å². The minimum absolute atomic E-state index is 0.262. The van der Waals surface area contributed by atoms with E-state index in [4.69, 9.17) is 16.3 Å². The van der Waals surface area contributed by atoms with Crippen LogP contribution in [0.1, 0.15) is 30.1 Å². The van der Waals surface area contributed by atoms with Crippen molar-refractivity contribution in [3.63, 3.8) is 0 Å². The molecule has 0 saturated carbocycles. The second-order valence-corrected chi connectivity index (χ2v) is 7.11. The van der Waals surface area contributed by atoms with Gasteiger partial charge < -0.3 is 4.74 Å². The van der Waals surface area contributed by atoms with E-state index >= 15 is 0 Å². The molecule has 0 saturated heterocycles. The van der Waals surface area contributed by atoms with E-state index in [0.29, 0.717) is 18.3 Å². The molecule has 0 amide bonds. The first kappa shape index (κ1) is 16.6. The zero-order valence-corrected chi connectivity index (χ0v) is 14.8. The number of thiophene rings is 1. The molecule has 4 nitrogen and oxygen atoms in total. The largest absolute Gasteiger partial charge is 0.377 e. The summed E-state index contributed by atoms with van der Waals surface area (Å²) in [6, 6.07) is 0. The molecule has 2 aromatic heterocycles. The van der Waals surface area contributed by atoms with Crippen molar-refractivity contribution >= 4 is 33.2 Å². The van der Waals surface area contributed by atoms with Gasteiger partial charge in [0.25, 0.3) is 0 Å². The van der Waals surface area contributed by atoms with Crippen molar-refractivity contribution < 1.29 is 4.74 Å². The van der Waals surface area contributed by atoms with Crippen LogP contribution in [0.25, 0.3) is 10.2 Å². The Labute approximate surface area is 135 Å². The first-order valence-electron chi connectivity index (χ1n) is 7.10. The van der Waals surface area contributed by atoms with Gasteiger partial charge in [-0.1, -0.05) is 11.6 Å². The molecule has 0 fully saturated rings. The highest BCUT2D eigenvalue weighted by Crippen LogP contribution is 2.32. The summed E-state index contributed by atoms with van der Waals surface area (Å²) in [6.45, 7) is 10.5. The topological polar surface area (TPSA) is 38.2 Å². The number of aromatic nitrogens is 2. The Morgan fingerprint density at radius 1 is 1.29 bits per heavy atom. The van der Waals surface area contributed by atoms with Crippen LogP contribution in [0.15, 0.2) is 0 Å². The van der Waals surface area contributed by atoms with Gasteiger partial charge in [-0.3, -0.25) is 4.90 Å². The van der Waals surface area contributed by atoms with Gasteiger partial charge >= 0.3 is 0 Å². The third-order valence-corrected chi connectivity index (χ3v) is 4.74. The van der Waals surface area contributed by atoms with Crippen molar-refractivity contribution in [3.8, 4) is 0 Å². The maximum atomic E-state index is 6.32. The summed E-state index contributed by atoms with van der Waals surface area (Å²) in [4.78, 5) is 13.5. The summed E-state index contributed by atoms with van der Waals surface area (Å²) >= 11 is 8.00. The molecule has 0 aliphatic rings. The average molecular weight is 328 g/mol. The van der Waals surface area contributed by atoms with Crippen LogP contribution < -0.4 is 0 Å². The fourth-order valence-corrected chi connectivity index (χ4v) is 3.51. The Kier molecular flexibility index (Phi) is 5.54. The lowest BCUT2D eigenvalue weighted by Crippen LogP contribution is -2.25. The van der Waals surface area contributed by atoms with E-state index < -0.39 is 0 Å². The Bertz CT molecular complexity index is 627. The predicted molar refractivity (Wildman–Crippen MR) is 89.3 cm³/mol. The molecule has 0 aromatic carbocycles. The minimum atomic E-state index is 0.262. The molecule has 2 rings (SSSR count). The number of nitrogens with zero attached hydrogens (tertiary/aromatic N) is 3. The molecule has 6 heteroatoms. The fraction of sp³-hybridized carbons (Fsp3) is 0.600. The van der Waals surface area contributed by atoms with Crippen LogP contribution in [0.3, 0.4) is 0 Å². The van der Waals surface area contributed by atoms with E-state index in [-0.39, 0.29) is 6.10 Å². The Morgan fingerprint density at radius 3 is 2.67 bits per heavy atom. The number of ether oxygens (including phenoxy) is 1. The third kappa shape index (κ3) is 4.13. The van der Waals surface area contributed by atoms with Gasteiger partial charge in [-0.2, -0.15) is 0 Å². The molecule has 21 heavy (non-hydrogen) atoms. The van der Waals surface area contributed by atoms with Gasteiger partial charge in [-0.25, -0.2) is 9.97 Å². The molecule has 0 spiro atoms. The van der Waals surface area contributed by atoms with Gasteiger partial charge in [-0.05, 0) is 40.3 Å². The summed E-state index contributed by atoms with van der Waals surface area (Å²) in [5, 5.41) is 1.55. The zero-order valence-electron chi connectivity index (χ0n) is 13.2. The summed E-state index contributed by atoms with van der Waals surface area (Å²) in [5.74, 6) is 0.765. The monoisotopic (exact) mass is 327 g/mol. The highest BCUT2D eigenvalue weighted by Gasteiger charge is 2.14. The number of likely N-dealkylation sites (N-methyl/N-ethyl adjacent to an activating group) is 1. The molecule has 0 N–H and O–H groups in total. The van der Waals surface area contributed by atoms with E-state index in [9.17, 15) is 0 Å². The van der Waals surface area contributed by atoms with E-state index in [1.165, 1.54) is 10.4 Å². The lowest BCUT2D eigenvalue weighted by Gasteiger charge is -2.16. The lowest BCUT2D eigenvalue weighted by atomic mass is 10.2. The highest BCUT2D eigenvalue weighted by molar-refractivity contribution is 7.18. The van der Waals surface area contributed by atoms with Gasteiger partial charge in [0, 0.05) is 11.4 Å². The van der Waals surface area contributed by atoms with Crippen LogP contribution in [-0.2, 0) is 11.3 Å². The lowest BCUT2D eigenvalue weighted by molar-refractivity contribution is 0.0623. The van der Waals surface area contributed by atoms with Gasteiger partial charge in [0.2, 0.25) is 0 Å². The van der Waals surface area contributed by atoms with Crippen molar-refractivity contribution in [2.75, 3.05) is 20.2 Å². The molecule has 0 radical (unpaired) electrons. The minimum Gasteiger partial charge on any atom is -0.377 e. The Hall–Kier alpha value is -0.750. The number of rotatable bonds is 6. The quantitative estimate of drug-likeness (QED) is 0.756. The predicted octanol–water partition coefficient (Wildman–Crippen LogP) is 3.82. The van der Waals surface area contributed by atoms with Gasteiger partial charge in [0.1, 0.15) is 15.8 Å². The molecular formula is C15H22ClN3OS. The summed E-state index contributed by atoms with van der Waals surface area (Å²) in [7, 11) is 2.04. The van der Waals surface area contributed by atoms with Gasteiger partial charge in [0.15, 0.2) is 0 Å². The maximum absolute atomic E-state index is 6.32. The van der Waals surface area contributed by atoms with Gasteiger partial charge in [-0.15, -0.1) is 11.3 Å². The number of hydrogen-bond donors (Lipinski definition) is 0. The van der Waals surface area contributed by atoms with Crippen LogP contribution in [-0.4, -0.2) is 41.2 Å². The van der Waals surface area contributed by atoms with Gasteiger partial charge in [0.05, 0.1) is 24.6 Å². The Morgan fingerprint density at radius 2 is 2.00 bits per heavy atom. The van der Waals surface area contributed by atoms with Crippen molar-refractivity contribution in [1.29, 1.82) is 0 Å². The van der Waals surface area contributed by atoms with Crippen molar-refractivity contribution in [1.82, 2.24) is 14.9 Å². The second kappa shape index (κ2) is 7.01. The average Bonchev–Trinajstić information content (AvgIpc) is 2.64. The van der Waals surface area contributed by atoms with Crippen LogP contribution in [0.4, 0.5) is 0 Å². The molecule has 0 aliphatic carbocycles. The van der Waals surface area contributed by atoms with Crippen molar-refractivity contribution in [3.05, 3.63) is 21.4 Å². The molecule has 2 aromatic rings. The van der Waals surface area contributed by atoms with Crippen LogP contribution in [0, 0.1) is 13.8 Å². The number of aryl methyl sites for hydroxylation is 2. The smallest absolute Gasteiger partial charge is 0.145 e. The van der Waals surface area contributed by atoms with Crippen molar-refractivity contribution in [2.45, 2.75) is 40.3 Å². The fourth-order valence-electron chi connectivity index (χ4n) is 2.08. The molecular weight excluding hydrogens is 306 g/mol. The molecule has 0 atom stereocenters.